The second-order valence-corrected chi connectivity index (χ2v) is 6.80. The van der Waals surface area contributed by atoms with Crippen LogP contribution in [0.1, 0.15) is 0 Å². The summed E-state index contributed by atoms with van der Waals surface area (Å²) in [6, 6.07) is 3.55. The Labute approximate surface area is 116 Å². The summed E-state index contributed by atoms with van der Waals surface area (Å²) in [6.45, 7) is 0.283. The van der Waals surface area contributed by atoms with Gasteiger partial charge in [-0.05, 0) is 18.4 Å². The third-order valence-corrected chi connectivity index (χ3v) is 4.97. The van der Waals surface area contributed by atoms with Crippen molar-refractivity contribution in [3.05, 3.63) is 28.3 Å². The lowest BCUT2D eigenvalue weighted by Gasteiger charge is -2.16. The molecule has 0 saturated heterocycles. The maximum atomic E-state index is 12.2. The van der Waals surface area contributed by atoms with Crippen molar-refractivity contribution in [1.82, 2.24) is 4.31 Å². The standard InChI is InChI=1S/C10H15N3O4S2/c1-12(5-6-18-2)19(16,17)10-4-3-8(11)7-9(10)13(14)15/h3-4,7H,5-6,11H2,1-2H3. The Morgan fingerprint density at radius 2 is 2.11 bits per heavy atom. The highest BCUT2D eigenvalue weighted by Crippen LogP contribution is 2.28. The van der Waals surface area contributed by atoms with Gasteiger partial charge in [0, 0.05) is 31.1 Å². The van der Waals surface area contributed by atoms with Crippen molar-refractivity contribution < 1.29 is 13.3 Å². The molecular weight excluding hydrogens is 290 g/mol. The molecule has 0 saturated carbocycles. The van der Waals surface area contributed by atoms with Gasteiger partial charge in [0.25, 0.3) is 5.69 Å². The molecule has 0 amide bonds. The smallest absolute Gasteiger partial charge is 0.291 e. The fraction of sp³-hybridized carbons (Fsp3) is 0.400. The van der Waals surface area contributed by atoms with E-state index in [2.05, 4.69) is 0 Å². The van der Waals surface area contributed by atoms with Crippen LogP contribution >= 0.6 is 11.8 Å². The fourth-order valence-electron chi connectivity index (χ4n) is 1.40. The highest BCUT2D eigenvalue weighted by Gasteiger charge is 2.29. The van der Waals surface area contributed by atoms with E-state index in [9.17, 15) is 18.5 Å². The molecule has 1 aromatic rings. The van der Waals surface area contributed by atoms with E-state index < -0.39 is 20.6 Å². The number of nitro benzene ring substituents is 1. The molecule has 0 unspecified atom stereocenters. The molecule has 0 aromatic heterocycles. The normalized spacial score (nSPS) is 11.7. The largest absolute Gasteiger partial charge is 0.399 e. The lowest BCUT2D eigenvalue weighted by molar-refractivity contribution is -0.387. The average molecular weight is 305 g/mol. The zero-order chi connectivity index (χ0) is 14.6. The molecular formula is C10H15N3O4S2. The number of hydrogen-bond donors (Lipinski definition) is 1. The molecule has 106 valence electrons. The average Bonchev–Trinajstić information content (AvgIpc) is 2.35. The number of nitrogens with zero attached hydrogens (tertiary/aromatic N) is 2. The van der Waals surface area contributed by atoms with Gasteiger partial charge in [0.15, 0.2) is 4.90 Å². The Morgan fingerprint density at radius 3 is 2.63 bits per heavy atom. The van der Waals surface area contributed by atoms with E-state index in [0.29, 0.717) is 5.75 Å². The molecule has 0 heterocycles. The van der Waals surface area contributed by atoms with Crippen molar-refractivity contribution in [3.63, 3.8) is 0 Å². The van der Waals surface area contributed by atoms with E-state index in [-0.39, 0.29) is 17.1 Å². The third-order valence-electron chi connectivity index (χ3n) is 2.48. The minimum Gasteiger partial charge on any atom is -0.399 e. The van der Waals surface area contributed by atoms with E-state index >= 15 is 0 Å². The van der Waals surface area contributed by atoms with Crippen molar-refractivity contribution in [2.45, 2.75) is 4.90 Å². The first kappa shape index (κ1) is 15.7. The summed E-state index contributed by atoms with van der Waals surface area (Å²) >= 11 is 1.49. The van der Waals surface area contributed by atoms with Gasteiger partial charge in [0.1, 0.15) is 0 Å². The van der Waals surface area contributed by atoms with Crippen molar-refractivity contribution in [1.29, 1.82) is 0 Å². The summed E-state index contributed by atoms with van der Waals surface area (Å²) in [7, 11) is -2.49. The molecule has 0 bridgehead atoms. The monoisotopic (exact) mass is 305 g/mol. The van der Waals surface area contributed by atoms with Crippen LogP contribution in [0.4, 0.5) is 11.4 Å². The van der Waals surface area contributed by atoms with Crippen LogP contribution in [-0.4, -0.2) is 43.2 Å². The number of rotatable bonds is 6. The first-order valence-corrected chi connectivity index (χ1v) is 8.13. The molecule has 7 nitrogen and oxygen atoms in total. The van der Waals surface area contributed by atoms with Gasteiger partial charge in [0.05, 0.1) is 4.92 Å². The molecule has 0 fully saturated rings. The zero-order valence-electron chi connectivity index (χ0n) is 10.6. The second-order valence-electron chi connectivity index (χ2n) is 3.80. The number of nitro groups is 1. The van der Waals surface area contributed by atoms with Crippen LogP contribution in [0, 0.1) is 10.1 Å². The summed E-state index contributed by atoms with van der Waals surface area (Å²) in [5, 5.41) is 10.9. The van der Waals surface area contributed by atoms with Gasteiger partial charge in [-0.15, -0.1) is 0 Å². The summed E-state index contributed by atoms with van der Waals surface area (Å²) in [5.41, 5.74) is 5.10. The van der Waals surface area contributed by atoms with Gasteiger partial charge >= 0.3 is 0 Å². The number of sulfonamides is 1. The number of nitrogens with two attached hydrogens (primary N) is 1. The van der Waals surface area contributed by atoms with Gasteiger partial charge in [-0.25, -0.2) is 8.42 Å². The highest BCUT2D eigenvalue weighted by molar-refractivity contribution is 7.98. The first-order chi connectivity index (χ1) is 8.80. The van der Waals surface area contributed by atoms with Crippen LogP contribution in [0.2, 0.25) is 0 Å². The topological polar surface area (TPSA) is 107 Å². The lowest BCUT2D eigenvalue weighted by atomic mass is 10.3. The van der Waals surface area contributed by atoms with E-state index in [1.807, 2.05) is 6.26 Å². The minimum atomic E-state index is -3.88. The van der Waals surface area contributed by atoms with Gasteiger partial charge in [-0.2, -0.15) is 16.1 Å². The third kappa shape index (κ3) is 3.58. The Bertz CT molecular complexity index is 574. The molecule has 19 heavy (non-hydrogen) atoms. The fourth-order valence-corrected chi connectivity index (χ4v) is 3.28. The SMILES string of the molecule is CSCCN(C)S(=O)(=O)c1ccc(N)cc1[N+](=O)[O-]. The Hall–Kier alpha value is -1.32. The van der Waals surface area contributed by atoms with Gasteiger partial charge in [0.2, 0.25) is 10.0 Å². The zero-order valence-corrected chi connectivity index (χ0v) is 12.2. The molecule has 0 aliphatic rings. The van der Waals surface area contributed by atoms with Crippen LogP contribution in [0.5, 0.6) is 0 Å². The summed E-state index contributed by atoms with van der Waals surface area (Å²) in [6.07, 6.45) is 1.85. The molecule has 1 aromatic carbocycles. The molecule has 0 aliphatic carbocycles. The molecule has 0 atom stereocenters. The predicted octanol–water partition coefficient (Wildman–Crippen LogP) is 1.16. The van der Waals surface area contributed by atoms with Crippen molar-refractivity contribution in [3.8, 4) is 0 Å². The van der Waals surface area contributed by atoms with Crippen LogP contribution in [0.15, 0.2) is 23.1 Å². The minimum absolute atomic E-state index is 0.150. The number of thioether (sulfide) groups is 1. The predicted molar refractivity (Wildman–Crippen MR) is 75.7 cm³/mol. The lowest BCUT2D eigenvalue weighted by Crippen LogP contribution is -2.29. The maximum absolute atomic E-state index is 12.2. The molecule has 9 heteroatoms. The van der Waals surface area contributed by atoms with Gasteiger partial charge < -0.3 is 5.73 Å². The molecule has 1 rings (SSSR count). The second kappa shape index (κ2) is 6.22. The van der Waals surface area contributed by atoms with Crippen LogP contribution in [0.25, 0.3) is 0 Å². The first-order valence-electron chi connectivity index (χ1n) is 5.30. The highest BCUT2D eigenvalue weighted by atomic mass is 32.2. The van der Waals surface area contributed by atoms with Crippen LogP contribution < -0.4 is 5.73 Å². The Morgan fingerprint density at radius 1 is 1.47 bits per heavy atom. The maximum Gasteiger partial charge on any atom is 0.291 e. The molecule has 2 N–H and O–H groups in total. The molecule has 0 spiro atoms. The number of benzene rings is 1. The van der Waals surface area contributed by atoms with Gasteiger partial charge in [-0.1, -0.05) is 0 Å². The van der Waals surface area contributed by atoms with E-state index in [0.717, 1.165) is 10.4 Å². The van der Waals surface area contributed by atoms with E-state index in [1.54, 1.807) is 0 Å². The summed E-state index contributed by atoms with van der Waals surface area (Å²) in [4.78, 5) is 9.84. The summed E-state index contributed by atoms with van der Waals surface area (Å²) in [5.74, 6) is 0.610. The number of anilines is 1. The van der Waals surface area contributed by atoms with Crippen LogP contribution in [0.3, 0.4) is 0 Å². The number of nitrogen functional groups attached to an aromatic ring is 1. The van der Waals surface area contributed by atoms with Crippen molar-refractivity contribution in [2.75, 3.05) is 31.3 Å². The van der Waals surface area contributed by atoms with Gasteiger partial charge in [-0.3, -0.25) is 10.1 Å². The molecule has 0 radical (unpaired) electrons. The Kier molecular flexibility index (Phi) is 5.15. The molecule has 0 aliphatic heterocycles. The van der Waals surface area contributed by atoms with Crippen LogP contribution in [-0.2, 0) is 10.0 Å². The quantitative estimate of drug-likeness (QED) is 0.480. The summed E-state index contributed by atoms with van der Waals surface area (Å²) < 4.78 is 25.6. The Balaban J connectivity index is 3.25. The van der Waals surface area contributed by atoms with E-state index in [1.165, 1.54) is 30.9 Å². The van der Waals surface area contributed by atoms with E-state index in [4.69, 9.17) is 5.73 Å². The van der Waals surface area contributed by atoms with Crippen molar-refractivity contribution in [2.24, 2.45) is 0 Å². The van der Waals surface area contributed by atoms with Crippen molar-refractivity contribution >= 4 is 33.2 Å². The number of hydrogen-bond acceptors (Lipinski definition) is 6.